The topological polar surface area (TPSA) is 177 Å². The quantitative estimate of drug-likeness (QED) is 0.0695. The predicted molar refractivity (Wildman–Crippen MR) is 139 cm³/mol. The maximum Gasteiger partial charge on any atom is 0.185 e. The minimum atomic E-state index is -1.08. The predicted octanol–water partition coefficient (Wildman–Crippen LogP) is -2.10. The molecular weight excluding hydrogens is 564 g/mol. The molecule has 5 fully saturated rings. The molecule has 5 saturated heterocycles. The Hall–Kier alpha value is -0.600. The summed E-state index contributed by atoms with van der Waals surface area (Å²) in [5.74, 6) is 0. The van der Waals surface area contributed by atoms with Crippen LogP contribution in [0.4, 0.5) is 0 Å². The van der Waals surface area contributed by atoms with Crippen molar-refractivity contribution in [2.45, 2.75) is 61.2 Å². The third-order valence-corrected chi connectivity index (χ3v) is 6.68. The van der Waals surface area contributed by atoms with Crippen molar-refractivity contribution in [1.29, 1.82) is 0 Å². The SMILES string of the molecule is OC(COCC1CO1)COCC(COC(OCC1CO1)C(O)COCC(COCC1CO1)OCC1CO1)OCC1CO1. The highest BCUT2D eigenvalue weighted by Crippen LogP contribution is 2.16. The number of hydrogen-bond acceptors (Lipinski definition) is 15. The van der Waals surface area contributed by atoms with Crippen LogP contribution in [-0.2, 0) is 61.6 Å². The van der Waals surface area contributed by atoms with Gasteiger partial charge in [-0.15, -0.1) is 0 Å². The summed E-state index contributed by atoms with van der Waals surface area (Å²) in [6.45, 7) is 6.47. The van der Waals surface area contributed by atoms with E-state index in [9.17, 15) is 10.2 Å². The van der Waals surface area contributed by atoms with Crippen molar-refractivity contribution >= 4 is 0 Å². The number of hydrogen-bond donors (Lipinski definition) is 2. The third kappa shape index (κ3) is 14.9. The van der Waals surface area contributed by atoms with Gasteiger partial charge in [0.1, 0.15) is 54.9 Å². The van der Waals surface area contributed by atoms with Crippen LogP contribution in [0.2, 0.25) is 0 Å². The molecule has 0 aromatic heterocycles. The Labute approximate surface area is 245 Å². The molecular formula is C27H46O15. The minimum absolute atomic E-state index is 0.0168. The van der Waals surface area contributed by atoms with Crippen LogP contribution in [-0.4, -0.2) is 184 Å². The van der Waals surface area contributed by atoms with E-state index >= 15 is 0 Å². The summed E-state index contributed by atoms with van der Waals surface area (Å²) in [6.07, 6.45) is -3.19. The van der Waals surface area contributed by atoms with Gasteiger partial charge in [-0.25, -0.2) is 0 Å². The number of rotatable bonds is 29. The van der Waals surface area contributed by atoms with E-state index in [1.807, 2.05) is 0 Å². The van der Waals surface area contributed by atoms with E-state index in [0.29, 0.717) is 59.5 Å². The summed E-state index contributed by atoms with van der Waals surface area (Å²) in [7, 11) is 0. The van der Waals surface area contributed by atoms with Gasteiger partial charge in [0, 0.05) is 0 Å². The van der Waals surface area contributed by atoms with Crippen molar-refractivity contribution < 1.29 is 71.8 Å². The molecule has 0 aromatic carbocycles. The molecule has 42 heavy (non-hydrogen) atoms. The Balaban J connectivity index is 1.01. The summed E-state index contributed by atoms with van der Waals surface area (Å²) in [6, 6.07) is 0. The average Bonchev–Trinajstić information content (AvgIpc) is 3.75. The maximum atomic E-state index is 10.9. The van der Waals surface area contributed by atoms with Crippen molar-refractivity contribution in [3.8, 4) is 0 Å². The lowest BCUT2D eigenvalue weighted by Gasteiger charge is -2.27. The molecule has 5 rings (SSSR count). The van der Waals surface area contributed by atoms with Gasteiger partial charge in [0.25, 0.3) is 0 Å². The van der Waals surface area contributed by atoms with E-state index in [1.165, 1.54) is 0 Å². The molecule has 244 valence electrons. The second-order valence-electron chi connectivity index (χ2n) is 11.1. The van der Waals surface area contributed by atoms with E-state index < -0.39 is 24.6 Å². The van der Waals surface area contributed by atoms with Gasteiger partial charge in [0.2, 0.25) is 0 Å². The lowest BCUT2D eigenvalue weighted by atomic mass is 10.3. The summed E-state index contributed by atoms with van der Waals surface area (Å²) >= 11 is 0. The van der Waals surface area contributed by atoms with Crippen molar-refractivity contribution in [2.24, 2.45) is 0 Å². The lowest BCUT2D eigenvalue weighted by Crippen LogP contribution is -2.40. The van der Waals surface area contributed by atoms with Gasteiger partial charge in [0.05, 0.1) is 112 Å². The molecule has 10 unspecified atom stereocenters. The van der Waals surface area contributed by atoms with Gasteiger partial charge in [-0.1, -0.05) is 0 Å². The van der Waals surface area contributed by atoms with E-state index in [-0.39, 0.29) is 82.9 Å². The standard InChI is InChI=1S/C27H46O15/c28-18(1-30-5-20-8-35-20)2-31-6-22(37-11-24-13-39-24)15-41-27(42-16-25-14-40-25)26(29)17-33-4-19(34-10-23-12-38-23)3-32-7-21-9-36-21/h18-29H,1-17H2. The smallest absolute Gasteiger partial charge is 0.185 e. The molecule has 0 amide bonds. The average molecular weight is 611 g/mol. The van der Waals surface area contributed by atoms with E-state index in [0.717, 1.165) is 6.61 Å². The van der Waals surface area contributed by atoms with Gasteiger partial charge < -0.3 is 71.8 Å². The van der Waals surface area contributed by atoms with Crippen molar-refractivity contribution in [3.63, 3.8) is 0 Å². The van der Waals surface area contributed by atoms with Crippen LogP contribution in [0.15, 0.2) is 0 Å². The monoisotopic (exact) mass is 610 g/mol. The Morgan fingerprint density at radius 3 is 1.40 bits per heavy atom. The zero-order chi connectivity index (χ0) is 29.0. The molecule has 0 saturated carbocycles. The lowest BCUT2D eigenvalue weighted by molar-refractivity contribution is -0.223. The first-order valence-corrected chi connectivity index (χ1v) is 14.8. The van der Waals surface area contributed by atoms with E-state index in [1.54, 1.807) is 0 Å². The summed E-state index contributed by atoms with van der Waals surface area (Å²) in [4.78, 5) is 0. The van der Waals surface area contributed by atoms with E-state index in [2.05, 4.69) is 0 Å². The van der Waals surface area contributed by atoms with Crippen LogP contribution >= 0.6 is 0 Å². The van der Waals surface area contributed by atoms with Gasteiger partial charge in [-0.2, -0.15) is 0 Å². The van der Waals surface area contributed by atoms with E-state index in [4.69, 9.17) is 61.6 Å². The van der Waals surface area contributed by atoms with Crippen molar-refractivity contribution in [3.05, 3.63) is 0 Å². The fraction of sp³-hybridized carbons (Fsp3) is 1.00. The highest BCUT2D eigenvalue weighted by atomic mass is 16.7. The van der Waals surface area contributed by atoms with Crippen molar-refractivity contribution in [1.82, 2.24) is 0 Å². The first-order valence-electron chi connectivity index (χ1n) is 14.8. The largest absolute Gasteiger partial charge is 0.388 e. The second-order valence-corrected chi connectivity index (χ2v) is 11.1. The number of epoxide rings is 5. The third-order valence-electron chi connectivity index (χ3n) is 6.68. The van der Waals surface area contributed by atoms with Crippen LogP contribution in [0.1, 0.15) is 0 Å². The molecule has 10 atom stereocenters. The Morgan fingerprint density at radius 2 is 0.857 bits per heavy atom. The molecule has 0 bridgehead atoms. The zero-order valence-corrected chi connectivity index (χ0v) is 24.0. The first kappa shape index (κ1) is 32.8. The van der Waals surface area contributed by atoms with Gasteiger partial charge in [0.15, 0.2) is 6.29 Å². The van der Waals surface area contributed by atoms with Gasteiger partial charge >= 0.3 is 0 Å². The zero-order valence-electron chi connectivity index (χ0n) is 24.0. The first-order chi connectivity index (χ1) is 20.6. The minimum Gasteiger partial charge on any atom is -0.388 e. The van der Waals surface area contributed by atoms with Gasteiger partial charge in [-0.05, 0) is 0 Å². The molecule has 5 heterocycles. The maximum absolute atomic E-state index is 10.9. The van der Waals surface area contributed by atoms with Crippen LogP contribution in [0, 0.1) is 0 Å². The Kier molecular flexibility index (Phi) is 13.9. The molecule has 0 aromatic rings. The van der Waals surface area contributed by atoms with Gasteiger partial charge in [-0.3, -0.25) is 0 Å². The molecule has 2 N–H and O–H groups in total. The fourth-order valence-corrected chi connectivity index (χ4v) is 3.72. The molecule has 5 aliphatic rings. The Morgan fingerprint density at radius 1 is 0.452 bits per heavy atom. The molecule has 15 nitrogen and oxygen atoms in total. The van der Waals surface area contributed by atoms with Crippen LogP contribution in [0.25, 0.3) is 0 Å². The normalized spacial score (nSPS) is 30.9. The molecule has 5 aliphatic heterocycles. The number of ether oxygens (including phenoxy) is 13. The highest BCUT2D eigenvalue weighted by Gasteiger charge is 2.31. The number of aliphatic hydroxyl groups is 2. The number of aliphatic hydroxyl groups excluding tert-OH is 2. The fourth-order valence-electron chi connectivity index (χ4n) is 3.72. The van der Waals surface area contributed by atoms with Crippen molar-refractivity contribution in [2.75, 3.05) is 112 Å². The highest BCUT2D eigenvalue weighted by molar-refractivity contribution is 4.74. The second kappa shape index (κ2) is 17.8. The summed E-state index contributed by atoms with van der Waals surface area (Å²) < 4.78 is 72.1. The molecule has 0 radical (unpaired) electrons. The van der Waals surface area contributed by atoms with Crippen LogP contribution in [0.3, 0.4) is 0 Å². The molecule has 0 aliphatic carbocycles. The van der Waals surface area contributed by atoms with Crippen LogP contribution < -0.4 is 0 Å². The summed E-state index contributed by atoms with van der Waals surface area (Å²) in [5, 5.41) is 21.0. The molecule has 15 heteroatoms. The summed E-state index contributed by atoms with van der Waals surface area (Å²) in [5.41, 5.74) is 0. The Bertz CT molecular complexity index is 728. The van der Waals surface area contributed by atoms with Crippen LogP contribution in [0.5, 0.6) is 0 Å². The molecule has 0 spiro atoms.